The van der Waals surface area contributed by atoms with Gasteiger partial charge < -0.3 is 18.6 Å². The molecule has 4 nitrogen and oxygen atoms in total. The van der Waals surface area contributed by atoms with E-state index in [9.17, 15) is 0 Å². The van der Waals surface area contributed by atoms with Gasteiger partial charge in [0.25, 0.3) is 0 Å². The normalized spacial score (nSPS) is 21.6. The highest BCUT2D eigenvalue weighted by Gasteiger charge is 2.54. The van der Waals surface area contributed by atoms with Gasteiger partial charge >= 0.3 is 7.12 Å². The summed E-state index contributed by atoms with van der Waals surface area (Å²) in [6.45, 7) is 8.39. The zero-order valence-electron chi connectivity index (χ0n) is 27.7. The van der Waals surface area contributed by atoms with E-state index in [2.05, 4.69) is 148 Å². The number of anilines is 3. The molecule has 0 radical (unpaired) electrons. The summed E-state index contributed by atoms with van der Waals surface area (Å²) < 4.78 is 19.4. The lowest BCUT2D eigenvalue weighted by atomic mass is 9.63. The summed E-state index contributed by atoms with van der Waals surface area (Å²) in [6.07, 6.45) is 7.05. The van der Waals surface area contributed by atoms with Crippen LogP contribution in [-0.2, 0) is 14.7 Å². The zero-order chi connectivity index (χ0) is 32.4. The van der Waals surface area contributed by atoms with Crippen molar-refractivity contribution in [3.8, 4) is 0 Å². The van der Waals surface area contributed by atoms with Gasteiger partial charge in [0.1, 0.15) is 11.2 Å². The van der Waals surface area contributed by atoms with Crippen molar-refractivity contribution < 1.29 is 13.7 Å². The number of nitrogens with zero attached hydrogens (tertiary/aromatic N) is 1. The Kier molecular flexibility index (Phi) is 5.65. The van der Waals surface area contributed by atoms with Crippen molar-refractivity contribution >= 4 is 57.2 Å². The molecule has 1 atom stereocenters. The number of fused-ring (bicyclic) bond motifs is 12. The lowest BCUT2D eigenvalue weighted by Crippen LogP contribution is -2.41. The molecule has 1 fully saturated rings. The fraction of sp³-hybridized carbons (Fsp3) is 0.209. The summed E-state index contributed by atoms with van der Waals surface area (Å²) in [5.74, 6) is 0. The summed E-state index contributed by atoms with van der Waals surface area (Å²) in [5, 5.41) is 2.28. The second-order valence-corrected chi connectivity index (χ2v) is 14.6. The third-order valence-electron chi connectivity index (χ3n) is 11.5. The summed E-state index contributed by atoms with van der Waals surface area (Å²) in [7, 11) is -0.415. The van der Waals surface area contributed by atoms with Crippen LogP contribution in [0.5, 0.6) is 0 Å². The van der Waals surface area contributed by atoms with Gasteiger partial charge in [-0.1, -0.05) is 84.9 Å². The van der Waals surface area contributed by atoms with Crippen molar-refractivity contribution in [1.82, 2.24) is 0 Å². The van der Waals surface area contributed by atoms with Crippen LogP contribution in [0.3, 0.4) is 0 Å². The molecule has 2 aliphatic carbocycles. The van der Waals surface area contributed by atoms with Crippen LogP contribution in [0.25, 0.3) is 27.5 Å². The van der Waals surface area contributed by atoms with Crippen LogP contribution in [0.1, 0.15) is 62.8 Å². The molecule has 1 saturated heterocycles. The molecule has 1 unspecified atom stereocenters. The molecule has 234 valence electrons. The third-order valence-corrected chi connectivity index (χ3v) is 11.5. The van der Waals surface area contributed by atoms with E-state index >= 15 is 0 Å². The Balaban J connectivity index is 1.25. The molecule has 10 rings (SSSR count). The van der Waals surface area contributed by atoms with Crippen LogP contribution in [0.15, 0.2) is 131 Å². The average Bonchev–Trinajstić information content (AvgIpc) is 3.69. The number of benzene rings is 5. The molecule has 6 aromatic rings. The quantitative estimate of drug-likeness (QED) is 0.180. The Labute approximate surface area is 281 Å². The number of hydrogen-bond donors (Lipinski definition) is 0. The minimum Gasteiger partial charge on any atom is -0.456 e. The molecule has 5 aromatic carbocycles. The van der Waals surface area contributed by atoms with Crippen molar-refractivity contribution in [2.45, 2.75) is 57.2 Å². The number of furan rings is 1. The van der Waals surface area contributed by atoms with E-state index in [4.69, 9.17) is 13.7 Å². The molecule has 48 heavy (non-hydrogen) atoms. The summed E-state index contributed by atoms with van der Waals surface area (Å²) >= 11 is 0. The summed E-state index contributed by atoms with van der Waals surface area (Å²) in [6, 6.07) is 39.8. The monoisotopic (exact) mass is 625 g/mol. The van der Waals surface area contributed by atoms with Crippen LogP contribution in [-0.4, -0.2) is 18.3 Å². The maximum Gasteiger partial charge on any atom is 0.494 e. The Morgan fingerprint density at radius 1 is 0.604 bits per heavy atom. The van der Waals surface area contributed by atoms with Crippen LogP contribution in [0.2, 0.25) is 0 Å². The molecule has 1 spiro atoms. The smallest absolute Gasteiger partial charge is 0.456 e. The first-order valence-corrected chi connectivity index (χ1v) is 17.1. The van der Waals surface area contributed by atoms with Crippen LogP contribution in [0.4, 0.5) is 17.1 Å². The molecule has 0 bridgehead atoms. The number of hydrogen-bond acceptors (Lipinski definition) is 4. The van der Waals surface area contributed by atoms with E-state index in [0.29, 0.717) is 0 Å². The van der Waals surface area contributed by atoms with Crippen molar-refractivity contribution in [1.29, 1.82) is 0 Å². The van der Waals surface area contributed by atoms with E-state index < -0.39 is 23.7 Å². The Hall–Kier alpha value is -4.84. The van der Waals surface area contributed by atoms with E-state index in [1.54, 1.807) is 0 Å². The van der Waals surface area contributed by atoms with Gasteiger partial charge in [-0.25, -0.2) is 0 Å². The minimum absolute atomic E-state index is 0.397. The molecule has 0 saturated carbocycles. The van der Waals surface area contributed by atoms with E-state index in [0.717, 1.165) is 51.6 Å². The van der Waals surface area contributed by atoms with E-state index in [1.165, 1.54) is 39.1 Å². The Morgan fingerprint density at radius 3 is 2.10 bits per heavy atom. The van der Waals surface area contributed by atoms with E-state index in [1.807, 2.05) is 6.07 Å². The fourth-order valence-corrected chi connectivity index (χ4v) is 8.60. The number of rotatable bonds is 2. The molecular weight excluding hydrogens is 589 g/mol. The lowest BCUT2D eigenvalue weighted by Gasteiger charge is -2.45. The highest BCUT2D eigenvalue weighted by molar-refractivity contribution is 6.62. The molecule has 5 heteroatoms. The molecule has 3 heterocycles. The van der Waals surface area contributed by atoms with Crippen LogP contribution in [0, 0.1) is 0 Å². The minimum atomic E-state index is -0.458. The zero-order valence-corrected chi connectivity index (χ0v) is 27.7. The maximum absolute atomic E-state index is 6.56. The van der Waals surface area contributed by atoms with Gasteiger partial charge in [-0.3, -0.25) is 0 Å². The Morgan fingerprint density at radius 2 is 1.29 bits per heavy atom. The largest absolute Gasteiger partial charge is 0.494 e. The maximum atomic E-state index is 6.56. The lowest BCUT2D eigenvalue weighted by molar-refractivity contribution is 0.00578. The standard InChI is InChI=1S/C43H36BNO3/c1-41(2)42(3,4)48-44(47-41)27-21-23-28(24-22-27)45-37-19-11-10-18-35(37)43(33-16-8-5-13-29(33)30-14-6-9-17-34(30)43)36-25-32-31-15-7-12-20-39(31)46-40(32)26-38(36)45/h5,7-8,10-26H,6,9H2,1-4H3. The number of para-hydroxylation sites is 2. The second kappa shape index (κ2) is 9.62. The first-order valence-electron chi connectivity index (χ1n) is 17.1. The molecule has 2 aliphatic heterocycles. The first-order chi connectivity index (χ1) is 23.3. The van der Waals surface area contributed by atoms with Gasteiger partial charge in [-0.2, -0.15) is 0 Å². The van der Waals surface area contributed by atoms with Gasteiger partial charge in [-0.15, -0.1) is 0 Å². The molecule has 0 amide bonds. The van der Waals surface area contributed by atoms with Gasteiger partial charge in [0.05, 0.1) is 28.0 Å². The fourth-order valence-electron chi connectivity index (χ4n) is 8.60. The molecule has 1 aromatic heterocycles. The predicted molar refractivity (Wildman–Crippen MR) is 196 cm³/mol. The topological polar surface area (TPSA) is 34.8 Å². The van der Waals surface area contributed by atoms with Gasteiger partial charge in [-0.05, 0) is 110 Å². The summed E-state index contributed by atoms with van der Waals surface area (Å²) in [5.41, 5.74) is 13.0. The predicted octanol–water partition coefficient (Wildman–Crippen LogP) is 10.1. The molecule has 0 N–H and O–H groups in total. The highest BCUT2D eigenvalue weighted by atomic mass is 16.7. The third kappa shape index (κ3) is 3.58. The Bertz CT molecular complexity index is 2360. The molecule has 4 aliphatic rings. The first kappa shape index (κ1) is 28.2. The number of allylic oxidation sites excluding steroid dienone is 4. The van der Waals surface area contributed by atoms with Gasteiger partial charge in [0, 0.05) is 22.5 Å². The second-order valence-electron chi connectivity index (χ2n) is 14.6. The van der Waals surface area contributed by atoms with Crippen LogP contribution < -0.4 is 10.4 Å². The molecular formula is C43H36BNO3. The highest BCUT2D eigenvalue weighted by Crippen LogP contribution is 2.65. The van der Waals surface area contributed by atoms with Crippen molar-refractivity contribution in [3.05, 3.63) is 149 Å². The SMILES string of the molecule is CC1(C)OB(c2ccc(N3c4ccccc4C4(C5=CCCC=C5c5ccccc54)c4cc5c(cc43)oc3ccccc35)cc2)OC1(C)C. The van der Waals surface area contributed by atoms with Crippen LogP contribution >= 0.6 is 0 Å². The van der Waals surface area contributed by atoms with Crippen molar-refractivity contribution in [3.63, 3.8) is 0 Å². The summed E-state index contributed by atoms with van der Waals surface area (Å²) in [4.78, 5) is 2.42. The van der Waals surface area contributed by atoms with Gasteiger partial charge in [0.15, 0.2) is 0 Å². The average molecular weight is 626 g/mol. The van der Waals surface area contributed by atoms with Gasteiger partial charge in [0.2, 0.25) is 0 Å². The van der Waals surface area contributed by atoms with E-state index in [-0.39, 0.29) is 0 Å². The van der Waals surface area contributed by atoms with Crippen molar-refractivity contribution in [2.24, 2.45) is 0 Å². The van der Waals surface area contributed by atoms with Crippen molar-refractivity contribution in [2.75, 3.05) is 4.90 Å².